The fourth-order valence-corrected chi connectivity index (χ4v) is 5.56. The van der Waals surface area contributed by atoms with Crippen molar-refractivity contribution in [3.05, 3.63) is 29.3 Å². The molecule has 1 amide bonds. The first-order chi connectivity index (χ1) is 12.9. The van der Waals surface area contributed by atoms with Crippen LogP contribution in [0.5, 0.6) is 0 Å². The second-order valence-corrected chi connectivity index (χ2v) is 10.1. The summed E-state index contributed by atoms with van der Waals surface area (Å²) in [5, 5.41) is 3.70. The van der Waals surface area contributed by atoms with Crippen molar-refractivity contribution in [2.24, 2.45) is 5.92 Å². The fourth-order valence-electron chi connectivity index (χ4n) is 3.99. The minimum atomic E-state index is -3.50. The lowest BCUT2D eigenvalue weighted by Crippen LogP contribution is -3.15. The molecule has 0 spiro atoms. The van der Waals surface area contributed by atoms with Gasteiger partial charge in [0.25, 0.3) is 5.91 Å². The van der Waals surface area contributed by atoms with Crippen molar-refractivity contribution < 1.29 is 18.1 Å². The quantitative estimate of drug-likeness (QED) is 0.752. The summed E-state index contributed by atoms with van der Waals surface area (Å²) in [6.45, 7) is 4.75. The standard InChI is InChI=1S/C19H28ClN3O3S/c1-15-4-2-3-5-18(15)21-19(24)14-22-10-12-23(13-11-22)27(25,26)17-8-6-16(20)7-9-17/h6-9,15,18H,2-5,10-14H2,1H3,(H,21,24)/p+1/t15-,18+/m1/s1. The Morgan fingerprint density at radius 2 is 1.81 bits per heavy atom. The summed E-state index contributed by atoms with van der Waals surface area (Å²) < 4.78 is 26.9. The normalized spacial score (nSPS) is 25.3. The van der Waals surface area contributed by atoms with Crippen LogP contribution in [0.15, 0.2) is 29.2 Å². The first kappa shape index (κ1) is 20.6. The highest BCUT2D eigenvalue weighted by molar-refractivity contribution is 7.89. The number of rotatable bonds is 5. The number of nitrogens with zero attached hydrogens (tertiary/aromatic N) is 1. The van der Waals surface area contributed by atoms with Gasteiger partial charge >= 0.3 is 0 Å². The second kappa shape index (κ2) is 8.90. The van der Waals surface area contributed by atoms with E-state index in [1.807, 2.05) is 0 Å². The van der Waals surface area contributed by atoms with Crippen molar-refractivity contribution in [1.29, 1.82) is 0 Å². The Morgan fingerprint density at radius 3 is 2.44 bits per heavy atom. The van der Waals surface area contributed by atoms with Crippen molar-refractivity contribution >= 4 is 27.5 Å². The fraction of sp³-hybridized carbons (Fsp3) is 0.632. The molecule has 1 aliphatic heterocycles. The molecule has 1 heterocycles. The summed E-state index contributed by atoms with van der Waals surface area (Å²) in [6, 6.07) is 6.54. The first-order valence-electron chi connectivity index (χ1n) is 9.75. The maximum atomic E-state index is 12.7. The number of quaternary nitrogens is 1. The van der Waals surface area contributed by atoms with E-state index in [1.54, 1.807) is 12.1 Å². The molecule has 1 saturated heterocycles. The molecule has 0 bridgehead atoms. The van der Waals surface area contributed by atoms with Gasteiger partial charge in [0.1, 0.15) is 0 Å². The molecule has 6 nitrogen and oxygen atoms in total. The number of hydrogen-bond acceptors (Lipinski definition) is 3. The third-order valence-electron chi connectivity index (χ3n) is 5.75. The molecule has 2 aliphatic rings. The van der Waals surface area contributed by atoms with Crippen molar-refractivity contribution in [3.63, 3.8) is 0 Å². The zero-order valence-electron chi connectivity index (χ0n) is 15.8. The highest BCUT2D eigenvalue weighted by Gasteiger charge is 2.31. The Labute approximate surface area is 166 Å². The SMILES string of the molecule is C[C@@H]1CCCC[C@@H]1NC(=O)C[NH+]1CCN(S(=O)(=O)c2ccc(Cl)cc2)CC1. The van der Waals surface area contributed by atoms with Crippen LogP contribution in [0.3, 0.4) is 0 Å². The van der Waals surface area contributed by atoms with E-state index in [1.165, 1.54) is 35.7 Å². The molecule has 150 valence electrons. The van der Waals surface area contributed by atoms with Crippen LogP contribution in [-0.4, -0.2) is 57.4 Å². The largest absolute Gasteiger partial charge is 0.348 e. The lowest BCUT2D eigenvalue weighted by molar-refractivity contribution is -0.895. The predicted octanol–water partition coefficient (Wildman–Crippen LogP) is 0.924. The molecule has 27 heavy (non-hydrogen) atoms. The van der Waals surface area contributed by atoms with Gasteiger partial charge in [-0.2, -0.15) is 4.31 Å². The predicted molar refractivity (Wildman–Crippen MR) is 105 cm³/mol. The molecule has 2 atom stereocenters. The monoisotopic (exact) mass is 414 g/mol. The molecule has 0 unspecified atom stereocenters. The number of carbonyl (C=O) groups is 1. The third-order valence-corrected chi connectivity index (χ3v) is 7.91. The number of carbonyl (C=O) groups excluding carboxylic acids is 1. The van der Waals surface area contributed by atoms with Crippen LogP contribution in [0.4, 0.5) is 0 Å². The van der Waals surface area contributed by atoms with E-state index in [0.717, 1.165) is 11.3 Å². The van der Waals surface area contributed by atoms with E-state index in [2.05, 4.69) is 12.2 Å². The van der Waals surface area contributed by atoms with Gasteiger partial charge in [-0.25, -0.2) is 8.42 Å². The van der Waals surface area contributed by atoms with Crippen molar-refractivity contribution in [1.82, 2.24) is 9.62 Å². The van der Waals surface area contributed by atoms with Gasteiger partial charge in [-0.1, -0.05) is 31.4 Å². The molecule has 2 fully saturated rings. The summed E-state index contributed by atoms with van der Waals surface area (Å²) in [5.74, 6) is 0.622. The smallest absolute Gasteiger partial charge is 0.275 e. The van der Waals surface area contributed by atoms with E-state index in [9.17, 15) is 13.2 Å². The number of benzene rings is 1. The molecule has 1 aromatic carbocycles. The Bertz CT molecular complexity index is 746. The Balaban J connectivity index is 1.49. The van der Waals surface area contributed by atoms with Crippen LogP contribution in [0.2, 0.25) is 5.02 Å². The summed E-state index contributed by atoms with van der Waals surface area (Å²) in [5.41, 5.74) is 0. The molecule has 3 rings (SSSR count). The number of sulfonamides is 1. The number of hydrogen-bond donors (Lipinski definition) is 2. The van der Waals surface area contributed by atoms with Gasteiger partial charge in [-0.05, 0) is 43.0 Å². The van der Waals surface area contributed by atoms with Gasteiger partial charge in [-0.3, -0.25) is 4.79 Å². The van der Waals surface area contributed by atoms with Gasteiger partial charge in [0.15, 0.2) is 6.54 Å². The highest BCUT2D eigenvalue weighted by atomic mass is 35.5. The van der Waals surface area contributed by atoms with Gasteiger partial charge in [0, 0.05) is 11.1 Å². The first-order valence-corrected chi connectivity index (χ1v) is 11.6. The van der Waals surface area contributed by atoms with E-state index in [-0.39, 0.29) is 16.8 Å². The van der Waals surface area contributed by atoms with Crippen LogP contribution >= 0.6 is 11.6 Å². The molecule has 8 heteroatoms. The van der Waals surface area contributed by atoms with Crippen molar-refractivity contribution in [3.8, 4) is 0 Å². The molecular weight excluding hydrogens is 386 g/mol. The van der Waals surface area contributed by atoms with Crippen LogP contribution in [0, 0.1) is 5.92 Å². The maximum absolute atomic E-state index is 12.7. The minimum absolute atomic E-state index is 0.0813. The summed E-state index contributed by atoms with van der Waals surface area (Å²) in [6.07, 6.45) is 4.68. The number of nitrogens with one attached hydrogen (secondary N) is 2. The zero-order chi connectivity index (χ0) is 19.4. The van der Waals surface area contributed by atoms with E-state index in [4.69, 9.17) is 11.6 Å². The number of halogens is 1. The molecular formula is C19H29ClN3O3S+. The highest BCUT2D eigenvalue weighted by Crippen LogP contribution is 2.23. The van der Waals surface area contributed by atoms with Crippen molar-refractivity contribution in [2.75, 3.05) is 32.7 Å². The summed E-state index contributed by atoms with van der Waals surface area (Å²) >= 11 is 5.84. The molecule has 1 saturated carbocycles. The van der Waals surface area contributed by atoms with Crippen LogP contribution in [-0.2, 0) is 14.8 Å². The van der Waals surface area contributed by atoms with Crippen LogP contribution < -0.4 is 10.2 Å². The van der Waals surface area contributed by atoms with Crippen LogP contribution in [0.1, 0.15) is 32.6 Å². The molecule has 1 aromatic rings. The molecule has 2 N–H and O–H groups in total. The average Bonchev–Trinajstić information content (AvgIpc) is 2.64. The molecule has 1 aliphatic carbocycles. The number of piperazine rings is 1. The van der Waals surface area contributed by atoms with Crippen LogP contribution in [0.25, 0.3) is 0 Å². The van der Waals surface area contributed by atoms with Gasteiger partial charge in [-0.15, -0.1) is 0 Å². The Hall–Kier alpha value is -1.15. The Morgan fingerprint density at radius 1 is 1.19 bits per heavy atom. The van der Waals surface area contributed by atoms with Gasteiger partial charge in [0.05, 0.1) is 31.1 Å². The zero-order valence-corrected chi connectivity index (χ0v) is 17.4. The lowest BCUT2D eigenvalue weighted by Gasteiger charge is -2.33. The maximum Gasteiger partial charge on any atom is 0.275 e. The third kappa shape index (κ3) is 5.22. The topological polar surface area (TPSA) is 70.9 Å². The molecule has 0 aromatic heterocycles. The lowest BCUT2D eigenvalue weighted by atomic mass is 9.86. The van der Waals surface area contributed by atoms with Gasteiger partial charge < -0.3 is 10.2 Å². The van der Waals surface area contributed by atoms with Crippen molar-refractivity contribution in [2.45, 2.75) is 43.5 Å². The van der Waals surface area contributed by atoms with E-state index in [0.29, 0.717) is 43.7 Å². The van der Waals surface area contributed by atoms with E-state index >= 15 is 0 Å². The second-order valence-electron chi connectivity index (χ2n) is 7.72. The van der Waals surface area contributed by atoms with Gasteiger partial charge in [0.2, 0.25) is 10.0 Å². The average molecular weight is 415 g/mol. The minimum Gasteiger partial charge on any atom is -0.348 e. The molecule has 0 radical (unpaired) electrons. The number of amides is 1. The summed E-state index contributed by atoms with van der Waals surface area (Å²) in [4.78, 5) is 13.8. The summed E-state index contributed by atoms with van der Waals surface area (Å²) in [7, 11) is -3.50. The Kier molecular flexibility index (Phi) is 6.78. The van der Waals surface area contributed by atoms with E-state index < -0.39 is 10.0 Å².